The maximum atomic E-state index is 15.4. The van der Waals surface area contributed by atoms with Gasteiger partial charge in [0.25, 0.3) is 0 Å². The number of sulfonamides is 1. The molecule has 4 rings (SSSR count). The fourth-order valence-corrected chi connectivity index (χ4v) is 5.01. The molecule has 44 heavy (non-hydrogen) atoms. The number of fused-ring (bicyclic) bond motifs is 1. The van der Waals surface area contributed by atoms with Crippen LogP contribution >= 0.6 is 0 Å². The molecular formula is C28H29F2N5O8S. The third-order valence-corrected chi connectivity index (χ3v) is 7.06. The highest BCUT2D eigenvalue weighted by Gasteiger charge is 2.39. The number of carbonyl (C=O) groups is 2. The zero-order chi connectivity index (χ0) is 32.7. The van der Waals surface area contributed by atoms with Crippen LogP contribution in [0.4, 0.5) is 36.5 Å². The lowest BCUT2D eigenvalue weighted by Gasteiger charge is -2.26. The van der Waals surface area contributed by atoms with E-state index in [1.165, 1.54) is 39.2 Å². The predicted molar refractivity (Wildman–Crippen MR) is 157 cm³/mol. The minimum atomic E-state index is -4.58. The lowest BCUT2D eigenvalue weighted by atomic mass is 10.0. The highest BCUT2D eigenvalue weighted by molar-refractivity contribution is 7.92. The molecule has 0 radical (unpaired) electrons. The molecule has 0 saturated heterocycles. The van der Waals surface area contributed by atoms with E-state index in [0.29, 0.717) is 17.5 Å². The molecule has 1 aromatic carbocycles. The number of hydrogen-bond donors (Lipinski definition) is 2. The molecule has 0 unspecified atom stereocenters. The lowest BCUT2D eigenvalue weighted by molar-refractivity contribution is 0.0609. The Bertz CT molecular complexity index is 1860. The Hall–Kier alpha value is -4.99. The number of ether oxygens (including phenoxy) is 3. The Labute approximate surface area is 251 Å². The van der Waals surface area contributed by atoms with Crippen molar-refractivity contribution in [3.05, 3.63) is 59.2 Å². The molecular weight excluding hydrogens is 604 g/mol. The van der Waals surface area contributed by atoms with Crippen molar-refractivity contribution in [2.75, 3.05) is 35.8 Å². The number of halogens is 2. The van der Waals surface area contributed by atoms with Gasteiger partial charge >= 0.3 is 6.09 Å². The highest BCUT2D eigenvalue weighted by atomic mass is 32.2. The first-order chi connectivity index (χ1) is 20.5. The summed E-state index contributed by atoms with van der Waals surface area (Å²) in [5.41, 5.74) is 4.11. The summed E-state index contributed by atoms with van der Waals surface area (Å²) in [6.07, 6.45) is 3.32. The quantitative estimate of drug-likeness (QED) is 0.246. The van der Waals surface area contributed by atoms with Gasteiger partial charge in [0.2, 0.25) is 21.6 Å². The molecule has 0 bridgehead atoms. The van der Waals surface area contributed by atoms with Gasteiger partial charge in [-0.1, -0.05) is 0 Å². The molecule has 1 amide bonds. The van der Waals surface area contributed by atoms with Gasteiger partial charge in [0, 0.05) is 12.3 Å². The van der Waals surface area contributed by atoms with Crippen molar-refractivity contribution in [1.29, 1.82) is 0 Å². The molecule has 0 spiro atoms. The third-order valence-electron chi connectivity index (χ3n) is 6.07. The van der Waals surface area contributed by atoms with E-state index in [1.807, 2.05) is 0 Å². The van der Waals surface area contributed by atoms with E-state index in [-0.39, 0.29) is 26.8 Å². The Morgan fingerprint density at radius 2 is 1.66 bits per heavy atom. The zero-order valence-electron chi connectivity index (χ0n) is 24.7. The van der Waals surface area contributed by atoms with Crippen molar-refractivity contribution in [2.45, 2.75) is 33.3 Å². The maximum absolute atomic E-state index is 15.4. The van der Waals surface area contributed by atoms with Gasteiger partial charge in [-0.2, -0.15) is 4.31 Å². The normalized spacial score (nSPS) is 11.8. The van der Waals surface area contributed by atoms with E-state index in [4.69, 9.17) is 24.4 Å². The van der Waals surface area contributed by atoms with Crippen molar-refractivity contribution in [1.82, 2.24) is 9.97 Å². The number of anilines is 4. The monoisotopic (exact) mass is 633 g/mol. The van der Waals surface area contributed by atoms with Crippen molar-refractivity contribution in [3.8, 4) is 11.5 Å². The smallest absolute Gasteiger partial charge is 0.429 e. The number of hydrogen-bond acceptors (Lipinski definition) is 12. The molecule has 0 saturated carbocycles. The molecule has 0 fully saturated rings. The van der Waals surface area contributed by atoms with E-state index < -0.39 is 67.6 Å². The number of carbonyl (C=O) groups excluding carboxylic acids is 2. The molecule has 0 atom stereocenters. The summed E-state index contributed by atoms with van der Waals surface area (Å²) >= 11 is 0. The first-order valence-electron chi connectivity index (χ1n) is 12.8. The SMILES string of the molecule is COc1cc(OC)c(F)c(C(=O)c2oc3cnc(Nc4c(C)cncc4N)cc3c2N(C(=O)OC(C)(C)C)S(C)(=O)=O)c1F. The van der Waals surface area contributed by atoms with E-state index >= 15 is 8.78 Å². The maximum Gasteiger partial charge on any atom is 0.429 e. The van der Waals surface area contributed by atoms with Crippen molar-refractivity contribution in [2.24, 2.45) is 0 Å². The second kappa shape index (κ2) is 11.6. The first kappa shape index (κ1) is 31.9. The topological polar surface area (TPSA) is 176 Å². The Morgan fingerprint density at radius 1 is 1.05 bits per heavy atom. The molecule has 0 aliphatic heterocycles. The largest absolute Gasteiger partial charge is 0.494 e. The highest BCUT2D eigenvalue weighted by Crippen LogP contribution is 2.41. The van der Waals surface area contributed by atoms with Crippen LogP contribution in [0, 0.1) is 18.6 Å². The molecule has 3 heterocycles. The number of amides is 1. The number of benzene rings is 1. The average Bonchev–Trinajstić information content (AvgIpc) is 3.27. The fourth-order valence-electron chi connectivity index (χ4n) is 4.19. The second-order valence-corrected chi connectivity index (χ2v) is 12.3. The number of ketones is 1. The lowest BCUT2D eigenvalue weighted by Crippen LogP contribution is -2.41. The number of rotatable bonds is 8. The van der Waals surface area contributed by atoms with Crippen molar-refractivity contribution in [3.63, 3.8) is 0 Å². The van der Waals surface area contributed by atoms with Gasteiger partial charge in [-0.15, -0.1) is 0 Å². The van der Waals surface area contributed by atoms with Gasteiger partial charge in [0.1, 0.15) is 22.7 Å². The van der Waals surface area contributed by atoms with Gasteiger partial charge in [0.05, 0.1) is 49.6 Å². The van der Waals surface area contributed by atoms with Gasteiger partial charge in [0.15, 0.2) is 28.7 Å². The van der Waals surface area contributed by atoms with Crippen LogP contribution in [0.2, 0.25) is 0 Å². The summed E-state index contributed by atoms with van der Waals surface area (Å²) in [6.45, 7) is 6.20. The van der Waals surface area contributed by atoms with Crippen LogP contribution in [0.3, 0.4) is 0 Å². The average molecular weight is 634 g/mol. The number of furan rings is 1. The number of nitrogens with one attached hydrogen (secondary N) is 1. The van der Waals surface area contributed by atoms with Gasteiger partial charge in [-0.25, -0.2) is 27.0 Å². The summed E-state index contributed by atoms with van der Waals surface area (Å²) in [5.74, 6) is -6.24. The summed E-state index contributed by atoms with van der Waals surface area (Å²) in [7, 11) is -2.41. The second-order valence-electron chi connectivity index (χ2n) is 10.5. The molecule has 234 valence electrons. The van der Waals surface area contributed by atoms with Crippen LogP contribution in [0.25, 0.3) is 11.0 Å². The number of aromatic nitrogens is 2. The molecule has 3 aromatic heterocycles. The number of methoxy groups -OCH3 is 2. The number of nitrogens with zero attached hydrogens (tertiary/aromatic N) is 3. The predicted octanol–water partition coefficient (Wildman–Crippen LogP) is 5.08. The third kappa shape index (κ3) is 6.06. The number of aryl methyl sites for hydroxylation is 1. The summed E-state index contributed by atoms with van der Waals surface area (Å²) in [5, 5.41) is 2.83. The van der Waals surface area contributed by atoms with Crippen LogP contribution in [0.15, 0.2) is 35.1 Å². The van der Waals surface area contributed by atoms with Gasteiger partial charge in [-0.3, -0.25) is 9.78 Å². The Balaban J connectivity index is 2.05. The molecule has 0 aliphatic rings. The van der Waals surface area contributed by atoms with E-state index in [1.54, 1.807) is 6.92 Å². The first-order valence-corrected chi connectivity index (χ1v) is 14.6. The molecule has 4 aromatic rings. The van der Waals surface area contributed by atoms with Crippen LogP contribution < -0.4 is 24.8 Å². The molecule has 0 aliphatic carbocycles. The number of pyridine rings is 2. The van der Waals surface area contributed by atoms with E-state index in [2.05, 4.69) is 15.3 Å². The Morgan fingerprint density at radius 3 is 2.18 bits per heavy atom. The molecule has 13 nitrogen and oxygen atoms in total. The Kier molecular flexibility index (Phi) is 8.42. The molecule has 16 heteroatoms. The van der Waals surface area contributed by atoms with Crippen LogP contribution in [-0.2, 0) is 14.8 Å². The minimum absolute atomic E-state index is 0.0811. The van der Waals surface area contributed by atoms with Crippen molar-refractivity contribution >= 4 is 55.7 Å². The summed E-state index contributed by atoms with van der Waals surface area (Å²) in [4.78, 5) is 35.5. The number of nitrogens with two attached hydrogens (primary N) is 1. The van der Waals surface area contributed by atoms with Crippen LogP contribution in [-0.4, -0.2) is 56.3 Å². The minimum Gasteiger partial charge on any atom is -0.494 e. The van der Waals surface area contributed by atoms with E-state index in [0.717, 1.165) is 26.5 Å². The standard InChI is InChI=1S/C28H29F2N5O8S/c1-13-10-32-11-15(31)23(13)34-19-8-14-18(12-33-19)42-26(24(14)35(44(7,38)39)27(37)43-28(2,3)4)25(36)20-21(29)16(40-5)9-17(41-6)22(20)30/h8-12H,31H2,1-7H3,(H,32,33,34). The summed E-state index contributed by atoms with van der Waals surface area (Å²) in [6, 6.07) is 2.16. The van der Waals surface area contributed by atoms with Gasteiger partial charge in [-0.05, 0) is 39.3 Å². The van der Waals surface area contributed by atoms with Crippen LogP contribution in [0.1, 0.15) is 42.5 Å². The van der Waals surface area contributed by atoms with Crippen molar-refractivity contribution < 1.29 is 45.4 Å². The molecule has 3 N–H and O–H groups in total. The van der Waals surface area contributed by atoms with E-state index in [9.17, 15) is 18.0 Å². The summed E-state index contributed by atoms with van der Waals surface area (Å²) < 4.78 is 78.2. The fraction of sp³-hybridized carbons (Fsp3) is 0.286. The zero-order valence-corrected chi connectivity index (χ0v) is 25.6. The van der Waals surface area contributed by atoms with Crippen LogP contribution in [0.5, 0.6) is 11.5 Å². The van der Waals surface area contributed by atoms with Gasteiger partial charge < -0.3 is 29.7 Å². The number of nitrogen functional groups attached to an aromatic ring is 1.